The first kappa shape index (κ1) is 21.7. The van der Waals surface area contributed by atoms with Gasteiger partial charge in [0, 0.05) is 24.0 Å². The van der Waals surface area contributed by atoms with E-state index < -0.39 is 0 Å². The number of thiophene rings is 1. The number of halogens is 1. The number of amides is 1. The minimum Gasteiger partial charge on any atom is -0.339 e. The minimum atomic E-state index is -0.350. The van der Waals surface area contributed by atoms with Crippen LogP contribution in [0.4, 0.5) is 4.39 Å². The van der Waals surface area contributed by atoms with Crippen LogP contribution in [0.15, 0.2) is 65.2 Å². The number of carbonyl (C=O) groups is 1. The van der Waals surface area contributed by atoms with Crippen molar-refractivity contribution in [3.63, 3.8) is 0 Å². The van der Waals surface area contributed by atoms with Gasteiger partial charge in [-0.05, 0) is 50.1 Å². The van der Waals surface area contributed by atoms with Gasteiger partial charge in [-0.2, -0.15) is 10.1 Å². The number of likely N-dealkylation sites (tertiary alicyclic amines) is 1. The Balaban J connectivity index is 1.24. The van der Waals surface area contributed by atoms with Gasteiger partial charge < -0.3 is 9.42 Å². The first-order chi connectivity index (χ1) is 17.1. The number of fused-ring (bicyclic) bond motifs is 1. The van der Waals surface area contributed by atoms with Crippen molar-refractivity contribution in [1.29, 1.82) is 0 Å². The van der Waals surface area contributed by atoms with Crippen LogP contribution in [-0.4, -0.2) is 43.8 Å². The molecule has 176 valence electrons. The summed E-state index contributed by atoms with van der Waals surface area (Å²) in [5.74, 6) is 0.428. The zero-order valence-corrected chi connectivity index (χ0v) is 19.8. The molecule has 2 aromatic carbocycles. The molecule has 1 fully saturated rings. The van der Waals surface area contributed by atoms with Gasteiger partial charge in [-0.15, -0.1) is 11.3 Å². The Morgan fingerprint density at radius 2 is 2.00 bits per heavy atom. The van der Waals surface area contributed by atoms with Gasteiger partial charge in [0.05, 0.1) is 22.2 Å². The number of aryl methyl sites for hydroxylation is 1. The Labute approximate surface area is 204 Å². The van der Waals surface area contributed by atoms with Crippen LogP contribution < -0.4 is 0 Å². The van der Waals surface area contributed by atoms with Gasteiger partial charge in [0.15, 0.2) is 0 Å². The number of piperidine rings is 1. The minimum absolute atomic E-state index is 0.000203. The summed E-state index contributed by atoms with van der Waals surface area (Å²) in [7, 11) is 0. The van der Waals surface area contributed by atoms with Crippen molar-refractivity contribution in [3.05, 3.63) is 82.9 Å². The van der Waals surface area contributed by atoms with E-state index in [1.807, 2.05) is 52.9 Å². The fraction of sp³-hybridized carbons (Fsp3) is 0.231. The third-order valence-corrected chi connectivity index (χ3v) is 7.44. The molecule has 1 amide bonds. The smallest absolute Gasteiger partial charge is 0.264 e. The van der Waals surface area contributed by atoms with Gasteiger partial charge in [-0.1, -0.05) is 35.5 Å². The Bertz CT molecular complexity index is 1520. The molecule has 1 unspecified atom stereocenters. The molecule has 0 spiro atoms. The second-order valence-corrected chi connectivity index (χ2v) is 9.75. The molecular weight excluding hydrogens is 465 g/mol. The highest BCUT2D eigenvalue weighted by Gasteiger charge is 2.30. The number of hydrogen-bond donors (Lipinski definition) is 0. The molecule has 0 saturated carbocycles. The van der Waals surface area contributed by atoms with Crippen molar-refractivity contribution in [3.8, 4) is 17.1 Å². The predicted molar refractivity (Wildman–Crippen MR) is 131 cm³/mol. The normalized spacial score (nSPS) is 16.2. The van der Waals surface area contributed by atoms with Crippen molar-refractivity contribution in [2.45, 2.75) is 25.7 Å². The third kappa shape index (κ3) is 4.01. The molecule has 0 radical (unpaired) electrons. The monoisotopic (exact) mass is 487 g/mol. The summed E-state index contributed by atoms with van der Waals surface area (Å²) in [4.78, 5) is 21.5. The van der Waals surface area contributed by atoms with E-state index in [9.17, 15) is 9.18 Å². The number of benzene rings is 2. The van der Waals surface area contributed by atoms with Crippen LogP contribution in [0, 0.1) is 12.7 Å². The van der Waals surface area contributed by atoms with Gasteiger partial charge in [0.1, 0.15) is 10.6 Å². The molecule has 3 aromatic heterocycles. The molecule has 0 N–H and O–H groups in total. The van der Waals surface area contributed by atoms with Crippen molar-refractivity contribution < 1.29 is 13.7 Å². The topological polar surface area (TPSA) is 77.1 Å². The molecule has 1 saturated heterocycles. The lowest BCUT2D eigenvalue weighted by Gasteiger charge is -2.30. The number of carbonyl (C=O) groups excluding carboxylic acids is 1. The average Bonchev–Trinajstić information content (AvgIpc) is 3.61. The van der Waals surface area contributed by atoms with Gasteiger partial charge in [0.25, 0.3) is 5.91 Å². The molecule has 9 heteroatoms. The standard InChI is InChI=1S/C26H22FN5O2S/c1-16-21-14-22(35-26(21)32(29-16)20-10-3-2-4-11-20)25(33)31-12-6-8-18(15-31)24-28-23(30-34-24)17-7-5-9-19(27)13-17/h2-5,7,9-11,13-14,18H,6,8,12,15H2,1H3. The molecule has 0 aliphatic carbocycles. The molecule has 5 aromatic rings. The average molecular weight is 488 g/mol. The quantitative estimate of drug-likeness (QED) is 0.330. The number of rotatable bonds is 4. The highest BCUT2D eigenvalue weighted by atomic mass is 32.1. The molecule has 1 aliphatic heterocycles. The molecule has 6 rings (SSSR count). The summed E-state index contributed by atoms with van der Waals surface area (Å²) in [6.45, 7) is 3.14. The second kappa shape index (κ2) is 8.74. The number of nitrogens with zero attached hydrogens (tertiary/aromatic N) is 5. The van der Waals surface area contributed by atoms with Crippen LogP contribution >= 0.6 is 11.3 Å². The Morgan fingerprint density at radius 1 is 1.14 bits per heavy atom. The van der Waals surface area contributed by atoms with Gasteiger partial charge >= 0.3 is 0 Å². The van der Waals surface area contributed by atoms with Crippen molar-refractivity contribution in [2.75, 3.05) is 13.1 Å². The lowest BCUT2D eigenvalue weighted by atomic mass is 9.97. The highest BCUT2D eigenvalue weighted by Crippen LogP contribution is 2.33. The molecule has 0 bridgehead atoms. The molecule has 35 heavy (non-hydrogen) atoms. The zero-order valence-electron chi connectivity index (χ0n) is 19.0. The summed E-state index contributed by atoms with van der Waals surface area (Å²) in [5, 5.41) is 9.70. The first-order valence-electron chi connectivity index (χ1n) is 11.5. The van der Waals surface area contributed by atoms with Crippen LogP contribution in [0.3, 0.4) is 0 Å². The Hall–Kier alpha value is -3.85. The van der Waals surface area contributed by atoms with E-state index in [0.717, 1.165) is 34.4 Å². The largest absolute Gasteiger partial charge is 0.339 e. The van der Waals surface area contributed by atoms with E-state index in [0.29, 0.717) is 35.2 Å². The summed E-state index contributed by atoms with van der Waals surface area (Å²) in [5.41, 5.74) is 2.43. The molecule has 7 nitrogen and oxygen atoms in total. The number of hydrogen-bond acceptors (Lipinski definition) is 6. The molecule has 4 heterocycles. The van der Waals surface area contributed by atoms with E-state index in [-0.39, 0.29) is 17.6 Å². The molecular formula is C26H22FN5O2S. The summed E-state index contributed by atoms with van der Waals surface area (Å²) in [6.07, 6.45) is 1.69. The lowest BCUT2D eigenvalue weighted by Crippen LogP contribution is -2.38. The maximum Gasteiger partial charge on any atom is 0.264 e. The fourth-order valence-corrected chi connectivity index (χ4v) is 5.71. The van der Waals surface area contributed by atoms with E-state index >= 15 is 0 Å². The lowest BCUT2D eigenvalue weighted by molar-refractivity contribution is 0.0700. The van der Waals surface area contributed by atoms with Crippen molar-refractivity contribution >= 4 is 27.5 Å². The van der Waals surface area contributed by atoms with Gasteiger partial charge in [0.2, 0.25) is 11.7 Å². The predicted octanol–water partition coefficient (Wildman–Crippen LogP) is 5.60. The summed E-state index contributed by atoms with van der Waals surface area (Å²) < 4.78 is 21.0. The van der Waals surface area contributed by atoms with Crippen LogP contribution in [0.5, 0.6) is 0 Å². The van der Waals surface area contributed by atoms with Crippen molar-refractivity contribution in [2.24, 2.45) is 0 Å². The van der Waals surface area contributed by atoms with E-state index in [1.54, 1.807) is 12.1 Å². The summed E-state index contributed by atoms with van der Waals surface area (Å²) in [6, 6.07) is 18.0. The third-order valence-electron chi connectivity index (χ3n) is 6.34. The zero-order chi connectivity index (χ0) is 23.9. The first-order valence-corrected chi connectivity index (χ1v) is 12.3. The maximum atomic E-state index is 13.6. The van der Waals surface area contributed by atoms with E-state index in [2.05, 4.69) is 15.2 Å². The number of aromatic nitrogens is 4. The van der Waals surface area contributed by atoms with Crippen molar-refractivity contribution in [1.82, 2.24) is 24.8 Å². The van der Waals surface area contributed by atoms with Gasteiger partial charge in [-0.25, -0.2) is 9.07 Å². The SMILES string of the molecule is Cc1nn(-c2ccccc2)c2sc(C(=O)N3CCCC(c4nc(-c5cccc(F)c5)no4)C3)cc12. The maximum absolute atomic E-state index is 13.6. The number of para-hydroxylation sites is 1. The molecule has 1 aliphatic rings. The molecule has 1 atom stereocenters. The van der Waals surface area contributed by atoms with Crippen LogP contribution in [-0.2, 0) is 0 Å². The van der Waals surface area contributed by atoms with E-state index in [4.69, 9.17) is 4.52 Å². The Morgan fingerprint density at radius 3 is 2.83 bits per heavy atom. The second-order valence-electron chi connectivity index (χ2n) is 8.72. The van der Waals surface area contributed by atoms with Crippen LogP contribution in [0.1, 0.15) is 40.0 Å². The highest BCUT2D eigenvalue weighted by molar-refractivity contribution is 7.20. The fourth-order valence-electron chi connectivity index (χ4n) is 4.56. The summed E-state index contributed by atoms with van der Waals surface area (Å²) >= 11 is 1.46. The van der Waals surface area contributed by atoms with Crippen LogP contribution in [0.2, 0.25) is 0 Å². The van der Waals surface area contributed by atoms with Crippen LogP contribution in [0.25, 0.3) is 27.3 Å². The van der Waals surface area contributed by atoms with E-state index in [1.165, 1.54) is 23.5 Å². The Kier molecular flexibility index (Phi) is 5.41. The van der Waals surface area contributed by atoms with Gasteiger partial charge in [-0.3, -0.25) is 4.79 Å².